The predicted molar refractivity (Wildman–Crippen MR) is 77.1 cm³/mol. The lowest BCUT2D eigenvalue weighted by Crippen LogP contribution is -2.05. The largest absolute Gasteiger partial charge is 0.478 e. The van der Waals surface area contributed by atoms with Gasteiger partial charge in [-0.05, 0) is 30.3 Å². The third-order valence-corrected chi connectivity index (χ3v) is 3.41. The summed E-state index contributed by atoms with van der Waals surface area (Å²) in [7, 11) is 0. The van der Waals surface area contributed by atoms with Crippen LogP contribution in [0.3, 0.4) is 0 Å². The van der Waals surface area contributed by atoms with E-state index in [1.165, 1.54) is 30.3 Å². The van der Waals surface area contributed by atoms with Crippen molar-refractivity contribution in [2.45, 2.75) is 6.54 Å². The van der Waals surface area contributed by atoms with Crippen LogP contribution in [-0.4, -0.2) is 11.1 Å². The minimum absolute atomic E-state index is 0.0940. The average molecular weight is 314 g/mol. The number of hydrogen-bond acceptors (Lipinski definition) is 2. The van der Waals surface area contributed by atoms with Crippen LogP contribution in [0.25, 0.3) is 0 Å². The molecule has 0 amide bonds. The first kappa shape index (κ1) is 14.6. The second-order valence-electron chi connectivity index (χ2n) is 4.05. The molecule has 0 unspecified atom stereocenters. The van der Waals surface area contributed by atoms with Crippen LogP contribution < -0.4 is 5.32 Å². The number of rotatable bonds is 4. The molecule has 2 aromatic carbocycles. The summed E-state index contributed by atoms with van der Waals surface area (Å²) in [4.78, 5) is 10.9. The van der Waals surface area contributed by atoms with Crippen molar-refractivity contribution >= 4 is 34.9 Å². The number of hydrogen-bond donors (Lipinski definition) is 2. The summed E-state index contributed by atoms with van der Waals surface area (Å²) in [6.07, 6.45) is 0. The molecule has 6 heteroatoms. The Morgan fingerprint density at radius 3 is 2.60 bits per heavy atom. The molecule has 2 N–H and O–H groups in total. The number of anilines is 1. The van der Waals surface area contributed by atoms with Gasteiger partial charge in [-0.25, -0.2) is 9.18 Å². The average Bonchev–Trinajstić information content (AvgIpc) is 2.39. The molecule has 0 aliphatic rings. The van der Waals surface area contributed by atoms with Crippen LogP contribution in [0.1, 0.15) is 15.9 Å². The first-order chi connectivity index (χ1) is 9.49. The van der Waals surface area contributed by atoms with E-state index in [9.17, 15) is 9.18 Å². The van der Waals surface area contributed by atoms with Crippen LogP contribution in [0.4, 0.5) is 10.1 Å². The number of halogens is 3. The van der Waals surface area contributed by atoms with E-state index in [1.807, 2.05) is 0 Å². The van der Waals surface area contributed by atoms with Crippen molar-refractivity contribution in [2.75, 3.05) is 5.32 Å². The van der Waals surface area contributed by atoms with Crippen molar-refractivity contribution < 1.29 is 14.3 Å². The van der Waals surface area contributed by atoms with Crippen molar-refractivity contribution in [3.05, 3.63) is 63.4 Å². The van der Waals surface area contributed by atoms with Crippen LogP contribution in [0.5, 0.6) is 0 Å². The van der Waals surface area contributed by atoms with Crippen molar-refractivity contribution in [1.82, 2.24) is 0 Å². The summed E-state index contributed by atoms with van der Waals surface area (Å²) in [5.74, 6) is -1.50. The van der Waals surface area contributed by atoms with E-state index in [1.54, 1.807) is 6.07 Å². The summed E-state index contributed by atoms with van der Waals surface area (Å²) in [6.45, 7) is 0.105. The highest BCUT2D eigenvalue weighted by atomic mass is 35.5. The normalized spacial score (nSPS) is 10.3. The fraction of sp³-hybridized carbons (Fsp3) is 0.0714. The number of carboxylic acids is 1. The topological polar surface area (TPSA) is 49.3 Å². The van der Waals surface area contributed by atoms with E-state index in [0.29, 0.717) is 21.3 Å². The maximum Gasteiger partial charge on any atom is 0.335 e. The highest BCUT2D eigenvalue weighted by Crippen LogP contribution is 2.25. The Morgan fingerprint density at radius 2 is 1.95 bits per heavy atom. The van der Waals surface area contributed by atoms with Crippen molar-refractivity contribution in [3.63, 3.8) is 0 Å². The third-order valence-electron chi connectivity index (χ3n) is 2.73. The van der Waals surface area contributed by atoms with Gasteiger partial charge in [0.25, 0.3) is 0 Å². The molecule has 0 saturated carbocycles. The summed E-state index contributed by atoms with van der Waals surface area (Å²) >= 11 is 11.9. The van der Waals surface area contributed by atoms with Gasteiger partial charge in [0.15, 0.2) is 0 Å². The van der Waals surface area contributed by atoms with Crippen LogP contribution in [0.15, 0.2) is 36.4 Å². The van der Waals surface area contributed by atoms with Crippen molar-refractivity contribution in [2.24, 2.45) is 0 Å². The van der Waals surface area contributed by atoms with Crippen LogP contribution in [-0.2, 0) is 6.54 Å². The molecule has 0 saturated heterocycles. The lowest BCUT2D eigenvalue weighted by atomic mass is 10.1. The highest BCUT2D eigenvalue weighted by Gasteiger charge is 2.10. The number of benzene rings is 2. The van der Waals surface area contributed by atoms with Gasteiger partial charge in [0.2, 0.25) is 0 Å². The fourth-order valence-electron chi connectivity index (χ4n) is 1.68. The van der Waals surface area contributed by atoms with Gasteiger partial charge < -0.3 is 10.4 Å². The first-order valence-corrected chi connectivity index (χ1v) is 6.44. The second kappa shape index (κ2) is 6.11. The standard InChI is InChI=1S/C14H10Cl2FNO2/c15-10-2-1-3-12(17)9(10)7-18-13-6-8(14(19)20)4-5-11(13)16/h1-6,18H,7H2,(H,19,20). The Bertz CT molecular complexity index is 641. The minimum Gasteiger partial charge on any atom is -0.478 e. The van der Waals surface area contributed by atoms with Crippen LogP contribution in [0, 0.1) is 5.82 Å². The van der Waals surface area contributed by atoms with Gasteiger partial charge in [-0.3, -0.25) is 0 Å². The zero-order valence-corrected chi connectivity index (χ0v) is 11.7. The fourth-order valence-corrected chi connectivity index (χ4v) is 2.09. The lowest BCUT2D eigenvalue weighted by Gasteiger charge is -2.11. The van der Waals surface area contributed by atoms with Gasteiger partial charge in [-0.15, -0.1) is 0 Å². The van der Waals surface area contributed by atoms with Gasteiger partial charge in [-0.1, -0.05) is 29.3 Å². The molecule has 0 atom stereocenters. The molecule has 2 rings (SSSR count). The Labute approximate surface area is 124 Å². The van der Waals surface area contributed by atoms with Gasteiger partial charge in [0.05, 0.1) is 16.3 Å². The van der Waals surface area contributed by atoms with Crippen molar-refractivity contribution in [1.29, 1.82) is 0 Å². The molecule has 0 bridgehead atoms. The van der Waals surface area contributed by atoms with E-state index in [4.69, 9.17) is 28.3 Å². The molecule has 0 fully saturated rings. The van der Waals surface area contributed by atoms with Crippen LogP contribution in [0.2, 0.25) is 10.0 Å². The SMILES string of the molecule is O=C(O)c1ccc(Cl)c(NCc2c(F)cccc2Cl)c1. The first-order valence-electron chi connectivity index (χ1n) is 5.68. The zero-order chi connectivity index (χ0) is 14.7. The van der Waals surface area contributed by atoms with E-state index < -0.39 is 11.8 Å². The molecular formula is C14H10Cl2FNO2. The smallest absolute Gasteiger partial charge is 0.335 e. The molecule has 0 heterocycles. The summed E-state index contributed by atoms with van der Waals surface area (Å²) in [5.41, 5.74) is 0.799. The maximum atomic E-state index is 13.6. The molecule has 20 heavy (non-hydrogen) atoms. The van der Waals surface area contributed by atoms with Gasteiger partial charge >= 0.3 is 5.97 Å². The summed E-state index contributed by atoms with van der Waals surface area (Å²) in [5, 5.41) is 12.5. The zero-order valence-electron chi connectivity index (χ0n) is 10.2. The third kappa shape index (κ3) is 3.21. The lowest BCUT2D eigenvalue weighted by molar-refractivity contribution is 0.0697. The van der Waals surface area contributed by atoms with Gasteiger partial charge in [0, 0.05) is 17.1 Å². The Morgan fingerprint density at radius 1 is 1.20 bits per heavy atom. The van der Waals surface area contributed by atoms with Gasteiger partial charge in [-0.2, -0.15) is 0 Å². The van der Waals surface area contributed by atoms with E-state index >= 15 is 0 Å². The van der Waals surface area contributed by atoms with E-state index in [0.717, 1.165) is 0 Å². The molecule has 2 aromatic rings. The van der Waals surface area contributed by atoms with E-state index in [2.05, 4.69) is 5.32 Å². The maximum absolute atomic E-state index is 13.6. The second-order valence-corrected chi connectivity index (χ2v) is 4.87. The predicted octanol–water partition coefficient (Wildman–Crippen LogP) is 4.44. The Balaban J connectivity index is 2.23. The van der Waals surface area contributed by atoms with E-state index in [-0.39, 0.29) is 12.1 Å². The molecule has 0 aliphatic heterocycles. The summed E-state index contributed by atoms with van der Waals surface area (Å²) in [6, 6.07) is 8.65. The molecular weight excluding hydrogens is 304 g/mol. The Kier molecular flexibility index (Phi) is 4.47. The van der Waals surface area contributed by atoms with Crippen molar-refractivity contribution in [3.8, 4) is 0 Å². The molecule has 0 aromatic heterocycles. The van der Waals surface area contributed by atoms with Gasteiger partial charge in [0.1, 0.15) is 5.82 Å². The summed E-state index contributed by atoms with van der Waals surface area (Å²) < 4.78 is 13.6. The molecule has 104 valence electrons. The number of aromatic carboxylic acids is 1. The minimum atomic E-state index is -1.06. The molecule has 0 aliphatic carbocycles. The number of carbonyl (C=O) groups is 1. The molecule has 0 spiro atoms. The monoisotopic (exact) mass is 313 g/mol. The highest BCUT2D eigenvalue weighted by molar-refractivity contribution is 6.33. The number of carboxylic acid groups (broad SMARTS) is 1. The number of nitrogens with one attached hydrogen (secondary N) is 1. The van der Waals surface area contributed by atoms with Crippen LogP contribution >= 0.6 is 23.2 Å². The quantitative estimate of drug-likeness (QED) is 0.877. The molecule has 0 radical (unpaired) electrons. The molecule has 3 nitrogen and oxygen atoms in total. The Hall–Kier alpha value is -1.78.